The number of hydrogen-bond donors (Lipinski definition) is 1. The molecular formula is C27H29N3O3. The summed E-state index contributed by atoms with van der Waals surface area (Å²) in [5.41, 5.74) is 1.65. The molecule has 0 aliphatic carbocycles. The smallest absolute Gasteiger partial charge is 0.247 e. The van der Waals surface area contributed by atoms with Gasteiger partial charge in [-0.15, -0.1) is 6.58 Å². The Morgan fingerprint density at radius 3 is 2.48 bits per heavy atom. The molecule has 0 aromatic heterocycles. The van der Waals surface area contributed by atoms with Crippen molar-refractivity contribution in [3.8, 4) is 0 Å². The molecular weight excluding hydrogens is 414 g/mol. The highest BCUT2D eigenvalue weighted by atomic mass is 16.2. The van der Waals surface area contributed by atoms with Gasteiger partial charge in [0.25, 0.3) is 0 Å². The lowest BCUT2D eigenvalue weighted by molar-refractivity contribution is -0.149. The maximum Gasteiger partial charge on any atom is 0.247 e. The lowest BCUT2D eigenvalue weighted by atomic mass is 9.60. The molecule has 3 aliphatic rings. The molecule has 2 fully saturated rings. The molecule has 0 saturated carbocycles. The summed E-state index contributed by atoms with van der Waals surface area (Å²) in [6, 6.07) is 16.2. The van der Waals surface area contributed by atoms with Crippen LogP contribution in [0.2, 0.25) is 0 Å². The minimum atomic E-state index is -0.670. The Bertz CT molecular complexity index is 1160. The first-order chi connectivity index (χ1) is 15.7. The summed E-state index contributed by atoms with van der Waals surface area (Å²) >= 11 is 0. The Morgan fingerprint density at radius 2 is 1.82 bits per heavy atom. The fraction of sp³-hybridized carbons (Fsp3) is 0.370. The molecule has 4 atom stereocenters. The lowest BCUT2D eigenvalue weighted by Crippen LogP contribution is -2.66. The summed E-state index contributed by atoms with van der Waals surface area (Å²) in [5.74, 6) is -0.451. The van der Waals surface area contributed by atoms with Crippen molar-refractivity contribution in [1.29, 1.82) is 0 Å². The third-order valence-electron chi connectivity index (χ3n) is 7.90. The van der Waals surface area contributed by atoms with E-state index in [4.69, 9.17) is 0 Å². The summed E-state index contributed by atoms with van der Waals surface area (Å²) in [6.07, 6.45) is 2.16. The molecule has 0 bridgehead atoms. The Morgan fingerprint density at radius 1 is 1.15 bits per heavy atom. The van der Waals surface area contributed by atoms with Gasteiger partial charge < -0.3 is 10.2 Å². The third-order valence-corrected chi connectivity index (χ3v) is 7.90. The van der Waals surface area contributed by atoms with Crippen molar-refractivity contribution in [2.45, 2.75) is 57.3 Å². The van der Waals surface area contributed by atoms with Crippen LogP contribution >= 0.6 is 0 Å². The lowest BCUT2D eigenvalue weighted by Gasteiger charge is -2.46. The fourth-order valence-corrected chi connectivity index (χ4v) is 6.16. The van der Waals surface area contributed by atoms with E-state index in [1.807, 2.05) is 60.7 Å². The number of anilines is 1. The Hall–Kier alpha value is -3.41. The van der Waals surface area contributed by atoms with E-state index in [1.165, 1.54) is 6.92 Å². The number of nitrogens with one attached hydrogen (secondary N) is 1. The number of piperazine rings is 1. The minimum absolute atomic E-state index is 0.144. The number of carbonyl (C=O) groups excluding carboxylic acids is 3. The fourth-order valence-electron chi connectivity index (χ4n) is 6.16. The largest absolute Gasteiger partial charge is 0.342 e. The summed E-state index contributed by atoms with van der Waals surface area (Å²) in [4.78, 5) is 43.7. The molecule has 33 heavy (non-hydrogen) atoms. The minimum Gasteiger partial charge on any atom is -0.342 e. The molecule has 0 unspecified atom stereocenters. The number of carbonyl (C=O) groups is 3. The van der Waals surface area contributed by atoms with Crippen molar-refractivity contribution in [3.63, 3.8) is 0 Å². The molecule has 2 aromatic rings. The molecule has 2 saturated heterocycles. The van der Waals surface area contributed by atoms with Crippen molar-refractivity contribution in [2.75, 3.05) is 4.90 Å². The highest BCUT2D eigenvalue weighted by molar-refractivity contribution is 6.02. The molecule has 1 N–H and O–H groups in total. The first-order valence-corrected chi connectivity index (χ1v) is 11.4. The Balaban J connectivity index is 1.66. The Kier molecular flexibility index (Phi) is 4.74. The maximum atomic E-state index is 13.9. The van der Waals surface area contributed by atoms with Gasteiger partial charge in [-0.2, -0.15) is 0 Å². The molecule has 3 heterocycles. The van der Waals surface area contributed by atoms with Crippen molar-refractivity contribution in [2.24, 2.45) is 5.41 Å². The predicted molar refractivity (Wildman–Crippen MR) is 126 cm³/mol. The van der Waals surface area contributed by atoms with E-state index in [9.17, 15) is 14.4 Å². The van der Waals surface area contributed by atoms with E-state index >= 15 is 0 Å². The zero-order chi connectivity index (χ0) is 23.5. The second-order valence-electron chi connectivity index (χ2n) is 9.89. The van der Waals surface area contributed by atoms with Gasteiger partial charge in [-0.1, -0.05) is 68.5 Å². The number of amides is 3. The highest BCUT2D eigenvalue weighted by Crippen LogP contribution is 2.62. The van der Waals surface area contributed by atoms with E-state index in [-0.39, 0.29) is 17.7 Å². The van der Waals surface area contributed by atoms with Crippen LogP contribution in [0, 0.1) is 5.41 Å². The van der Waals surface area contributed by atoms with Crippen LogP contribution in [-0.4, -0.2) is 40.9 Å². The third kappa shape index (κ3) is 2.82. The number of hydrogen-bond acceptors (Lipinski definition) is 3. The monoisotopic (exact) mass is 443 g/mol. The van der Waals surface area contributed by atoms with Gasteiger partial charge >= 0.3 is 0 Å². The molecule has 3 amide bonds. The number of para-hydroxylation sites is 1. The van der Waals surface area contributed by atoms with E-state index in [0.29, 0.717) is 12.8 Å². The van der Waals surface area contributed by atoms with Crippen LogP contribution in [0.5, 0.6) is 0 Å². The van der Waals surface area contributed by atoms with Crippen molar-refractivity contribution < 1.29 is 14.4 Å². The molecule has 5 rings (SSSR count). The first-order valence-electron chi connectivity index (χ1n) is 11.4. The average molecular weight is 444 g/mol. The van der Waals surface area contributed by atoms with Gasteiger partial charge in [0.05, 0.1) is 0 Å². The summed E-state index contributed by atoms with van der Waals surface area (Å²) in [7, 11) is 0. The van der Waals surface area contributed by atoms with Crippen LogP contribution in [0.3, 0.4) is 0 Å². The van der Waals surface area contributed by atoms with Gasteiger partial charge in [0.15, 0.2) is 0 Å². The SMILES string of the molecule is C=CC(C)(C)[C@]12C[C@H]3C(=O)N[C@@H](Cc4ccccc4)C(=O)N3[C@H]1N(C(C)=O)c1ccccc12. The number of benzene rings is 2. The summed E-state index contributed by atoms with van der Waals surface area (Å²) in [5, 5.41) is 2.97. The maximum absolute atomic E-state index is 13.9. The number of nitrogens with zero attached hydrogens (tertiary/aromatic N) is 2. The second kappa shape index (κ2) is 7.30. The number of allylic oxidation sites excluding steroid dienone is 1. The van der Waals surface area contributed by atoms with Gasteiger partial charge in [-0.3, -0.25) is 19.3 Å². The van der Waals surface area contributed by atoms with E-state index in [0.717, 1.165) is 16.8 Å². The molecule has 0 radical (unpaired) electrons. The van der Waals surface area contributed by atoms with Crippen molar-refractivity contribution in [1.82, 2.24) is 10.2 Å². The van der Waals surface area contributed by atoms with E-state index in [2.05, 4.69) is 25.7 Å². The Labute approximate surface area is 194 Å². The standard InChI is InChI=1S/C27H29N3O3/c1-5-26(3,4)27-16-22-23(32)28-20(15-18-11-7-6-8-12-18)24(33)30(22)25(27)29(17(2)31)21-14-10-9-13-19(21)27/h5-14,20,22,25H,1,15-16H2,2-4H3,(H,28,32)/t20-,22-,25+,27-/m0/s1. The van der Waals surface area contributed by atoms with Gasteiger partial charge in [-0.25, -0.2) is 0 Å². The summed E-state index contributed by atoms with van der Waals surface area (Å²) in [6.45, 7) is 9.78. The molecule has 170 valence electrons. The van der Waals surface area contributed by atoms with Crippen LogP contribution < -0.4 is 10.2 Å². The van der Waals surface area contributed by atoms with Crippen LogP contribution in [0.15, 0.2) is 67.3 Å². The van der Waals surface area contributed by atoms with Gasteiger partial charge in [-0.05, 0) is 29.0 Å². The molecule has 0 spiro atoms. The predicted octanol–water partition coefficient (Wildman–Crippen LogP) is 3.17. The van der Waals surface area contributed by atoms with Gasteiger partial charge in [0.1, 0.15) is 18.2 Å². The van der Waals surface area contributed by atoms with Crippen LogP contribution in [0.25, 0.3) is 0 Å². The van der Waals surface area contributed by atoms with Crippen LogP contribution in [0.4, 0.5) is 5.69 Å². The summed E-state index contributed by atoms with van der Waals surface area (Å²) < 4.78 is 0. The second-order valence-corrected chi connectivity index (χ2v) is 9.89. The van der Waals surface area contributed by atoms with Crippen molar-refractivity contribution >= 4 is 23.4 Å². The molecule has 3 aliphatic heterocycles. The normalized spacial score (nSPS) is 28.2. The van der Waals surface area contributed by atoms with E-state index in [1.54, 1.807) is 9.80 Å². The van der Waals surface area contributed by atoms with Gasteiger partial charge in [0, 0.05) is 24.4 Å². The van der Waals surface area contributed by atoms with Crippen LogP contribution in [0.1, 0.15) is 38.3 Å². The quantitative estimate of drug-likeness (QED) is 0.738. The van der Waals surface area contributed by atoms with Gasteiger partial charge in [0.2, 0.25) is 17.7 Å². The number of fused-ring (bicyclic) bond motifs is 5. The van der Waals surface area contributed by atoms with Crippen LogP contribution in [-0.2, 0) is 26.2 Å². The number of rotatable bonds is 4. The zero-order valence-electron chi connectivity index (χ0n) is 19.2. The molecule has 6 nitrogen and oxygen atoms in total. The first kappa shape index (κ1) is 21.4. The topological polar surface area (TPSA) is 69.7 Å². The van der Waals surface area contributed by atoms with Crippen molar-refractivity contribution in [3.05, 3.63) is 78.4 Å². The zero-order valence-corrected chi connectivity index (χ0v) is 19.2. The van der Waals surface area contributed by atoms with E-state index < -0.39 is 29.1 Å². The highest BCUT2D eigenvalue weighted by Gasteiger charge is 2.69. The molecule has 6 heteroatoms. The molecule has 2 aromatic carbocycles. The average Bonchev–Trinajstić information content (AvgIpc) is 3.30.